The van der Waals surface area contributed by atoms with Gasteiger partial charge in [0, 0.05) is 0 Å². The molecule has 2 rings (SSSR count). The first-order chi connectivity index (χ1) is 7.93. The lowest BCUT2D eigenvalue weighted by molar-refractivity contribution is 0.0415. The summed E-state index contributed by atoms with van der Waals surface area (Å²) in [6.07, 6.45) is -0.826. The molecule has 1 unspecified atom stereocenters. The molecule has 0 aromatic heterocycles. The predicted molar refractivity (Wildman–Crippen MR) is 58.8 cm³/mol. The molecule has 17 heavy (non-hydrogen) atoms. The number of ether oxygens (including phenoxy) is 1. The van der Waals surface area contributed by atoms with E-state index in [1.807, 2.05) is 0 Å². The van der Waals surface area contributed by atoms with Crippen LogP contribution in [0.1, 0.15) is 18.6 Å². The summed E-state index contributed by atoms with van der Waals surface area (Å²) < 4.78 is 42.4. The van der Waals surface area contributed by atoms with Gasteiger partial charge >= 0.3 is 0 Å². The van der Waals surface area contributed by atoms with Crippen LogP contribution in [0, 0.1) is 5.82 Å². The number of rotatable bonds is 3. The van der Waals surface area contributed by atoms with Gasteiger partial charge < -0.3 is 9.84 Å². The molecule has 0 spiro atoms. The minimum Gasteiger partial charge on any atom is -0.389 e. The number of hydrogen-bond acceptors (Lipinski definition) is 4. The molecule has 0 bridgehead atoms. The molecule has 0 aliphatic carbocycles. The Morgan fingerprint density at radius 2 is 2.12 bits per heavy atom. The summed E-state index contributed by atoms with van der Waals surface area (Å²) in [6.45, 7) is 1.71. The maximum atomic E-state index is 13.7. The molecule has 0 amide bonds. The molecule has 4 nitrogen and oxygen atoms in total. The van der Waals surface area contributed by atoms with E-state index in [-0.39, 0.29) is 18.1 Å². The second-order valence-corrected chi connectivity index (χ2v) is 6.27. The first-order valence-electron chi connectivity index (χ1n) is 5.22. The highest BCUT2D eigenvalue weighted by Crippen LogP contribution is 2.26. The quantitative estimate of drug-likeness (QED) is 0.882. The highest BCUT2D eigenvalue weighted by atomic mass is 32.2. The van der Waals surface area contributed by atoms with E-state index in [0.717, 1.165) is 6.07 Å². The van der Waals surface area contributed by atoms with Crippen molar-refractivity contribution in [2.75, 3.05) is 13.2 Å². The molecule has 1 fully saturated rings. The van der Waals surface area contributed by atoms with Crippen molar-refractivity contribution in [3.63, 3.8) is 0 Å². The fourth-order valence-electron chi connectivity index (χ4n) is 1.58. The second-order valence-electron chi connectivity index (χ2n) is 4.07. The predicted octanol–water partition coefficient (Wildman–Crippen LogP) is 1.05. The van der Waals surface area contributed by atoms with Gasteiger partial charge in [-0.15, -0.1) is 0 Å². The fraction of sp³-hybridized carbons (Fsp3) is 0.455. The zero-order valence-electron chi connectivity index (χ0n) is 9.26. The zero-order valence-corrected chi connectivity index (χ0v) is 10.1. The third-order valence-electron chi connectivity index (χ3n) is 2.79. The molecule has 1 aromatic carbocycles. The van der Waals surface area contributed by atoms with Crippen molar-refractivity contribution >= 4 is 9.84 Å². The number of halogens is 1. The smallest absolute Gasteiger partial charge is 0.188 e. The molecule has 94 valence electrons. The van der Waals surface area contributed by atoms with Gasteiger partial charge in [0.05, 0.1) is 19.3 Å². The summed E-state index contributed by atoms with van der Waals surface area (Å²) in [5, 5.41) is 8.61. The Hall–Kier alpha value is -0.980. The van der Waals surface area contributed by atoms with Gasteiger partial charge in [0.25, 0.3) is 0 Å². The second kappa shape index (κ2) is 4.36. The third kappa shape index (κ3) is 2.20. The summed E-state index contributed by atoms with van der Waals surface area (Å²) in [5.41, 5.74) is 0.353. The molecule has 6 heteroatoms. The number of aliphatic hydroxyl groups excluding tert-OH is 1. The monoisotopic (exact) mass is 260 g/mol. The van der Waals surface area contributed by atoms with Crippen molar-refractivity contribution in [2.24, 2.45) is 0 Å². The van der Waals surface area contributed by atoms with E-state index >= 15 is 0 Å². The van der Waals surface area contributed by atoms with Crippen molar-refractivity contribution in [1.29, 1.82) is 0 Å². The van der Waals surface area contributed by atoms with E-state index in [4.69, 9.17) is 4.74 Å². The van der Waals surface area contributed by atoms with Gasteiger partial charge in [-0.2, -0.15) is 0 Å². The van der Waals surface area contributed by atoms with Crippen LogP contribution < -0.4 is 0 Å². The van der Waals surface area contributed by atoms with Crippen LogP contribution in [0.25, 0.3) is 0 Å². The van der Waals surface area contributed by atoms with Crippen molar-refractivity contribution in [3.8, 4) is 0 Å². The van der Waals surface area contributed by atoms with E-state index < -0.39 is 27.0 Å². The summed E-state index contributed by atoms with van der Waals surface area (Å²) in [6, 6.07) is 3.67. The van der Waals surface area contributed by atoms with Crippen LogP contribution in [0.4, 0.5) is 4.39 Å². The molecule has 1 saturated heterocycles. The van der Waals surface area contributed by atoms with E-state index in [9.17, 15) is 17.9 Å². The van der Waals surface area contributed by atoms with Gasteiger partial charge in [0.1, 0.15) is 16.0 Å². The summed E-state index contributed by atoms with van der Waals surface area (Å²) in [5.74, 6) is -0.824. The number of hydrogen-bond donors (Lipinski definition) is 1. The molecule has 1 N–H and O–H groups in total. The largest absolute Gasteiger partial charge is 0.389 e. The lowest BCUT2D eigenvalue weighted by atomic mass is 10.1. The third-order valence-corrected chi connectivity index (χ3v) is 4.89. The standard InChI is InChI=1S/C11H13FO4S/c1-7(13)8-2-3-11(10(12)4-8)17(14,15)9-5-16-6-9/h2-4,7,9,13H,5-6H2,1H3. The maximum Gasteiger partial charge on any atom is 0.188 e. The normalized spacial score (nSPS) is 18.8. The number of sulfone groups is 1. The highest BCUT2D eigenvalue weighted by molar-refractivity contribution is 7.92. The Bertz CT molecular complexity index is 520. The van der Waals surface area contributed by atoms with Gasteiger partial charge in [0.15, 0.2) is 9.84 Å². The van der Waals surface area contributed by atoms with E-state index in [1.165, 1.54) is 19.1 Å². The molecule has 1 aromatic rings. The average molecular weight is 260 g/mol. The Kier molecular flexibility index (Phi) is 3.20. The first-order valence-corrected chi connectivity index (χ1v) is 6.76. The number of aliphatic hydroxyl groups is 1. The van der Waals surface area contributed by atoms with Gasteiger partial charge in [-0.3, -0.25) is 0 Å². The van der Waals surface area contributed by atoms with E-state index in [2.05, 4.69) is 0 Å². The lowest BCUT2D eigenvalue weighted by Crippen LogP contribution is -2.40. The van der Waals surface area contributed by atoms with Gasteiger partial charge in [-0.25, -0.2) is 12.8 Å². The van der Waals surface area contributed by atoms with Crippen LogP contribution in [0.15, 0.2) is 23.1 Å². The topological polar surface area (TPSA) is 63.6 Å². The first kappa shape index (κ1) is 12.5. The zero-order chi connectivity index (χ0) is 12.6. The molecular formula is C11H13FO4S. The average Bonchev–Trinajstić information content (AvgIpc) is 2.13. The van der Waals surface area contributed by atoms with Crippen molar-refractivity contribution in [1.82, 2.24) is 0 Å². The van der Waals surface area contributed by atoms with Crippen LogP contribution in [0.5, 0.6) is 0 Å². The van der Waals surface area contributed by atoms with Crippen molar-refractivity contribution < 1.29 is 22.7 Å². The van der Waals surface area contributed by atoms with Crippen LogP contribution in [0.3, 0.4) is 0 Å². The molecule has 0 radical (unpaired) electrons. The maximum absolute atomic E-state index is 13.7. The molecule has 1 aliphatic heterocycles. The minimum absolute atomic E-state index is 0.111. The van der Waals surface area contributed by atoms with Gasteiger partial charge in [-0.1, -0.05) is 6.07 Å². The van der Waals surface area contributed by atoms with Crippen molar-refractivity contribution in [3.05, 3.63) is 29.6 Å². The van der Waals surface area contributed by atoms with Crippen LogP contribution in [0.2, 0.25) is 0 Å². The Morgan fingerprint density at radius 3 is 2.53 bits per heavy atom. The van der Waals surface area contributed by atoms with Crippen LogP contribution in [-0.2, 0) is 14.6 Å². The van der Waals surface area contributed by atoms with Crippen LogP contribution in [-0.4, -0.2) is 32.0 Å². The molecule has 1 aliphatic rings. The Balaban J connectivity index is 2.39. The molecule has 1 heterocycles. The Labute approximate surface area is 98.9 Å². The fourth-order valence-corrected chi connectivity index (χ4v) is 3.08. The Morgan fingerprint density at radius 1 is 1.47 bits per heavy atom. The minimum atomic E-state index is -3.66. The SMILES string of the molecule is CC(O)c1ccc(S(=O)(=O)C2COC2)c(F)c1. The number of benzene rings is 1. The van der Waals surface area contributed by atoms with Crippen LogP contribution >= 0.6 is 0 Å². The molecule has 0 saturated carbocycles. The van der Waals surface area contributed by atoms with E-state index in [0.29, 0.717) is 5.56 Å². The van der Waals surface area contributed by atoms with Gasteiger partial charge in [-0.05, 0) is 24.6 Å². The summed E-state index contributed by atoms with van der Waals surface area (Å²) in [4.78, 5) is -0.324. The van der Waals surface area contributed by atoms with E-state index in [1.54, 1.807) is 0 Å². The summed E-state index contributed by atoms with van der Waals surface area (Å²) in [7, 11) is -3.66. The van der Waals surface area contributed by atoms with Crippen molar-refractivity contribution in [2.45, 2.75) is 23.2 Å². The highest BCUT2D eigenvalue weighted by Gasteiger charge is 2.35. The molecule has 1 atom stereocenters. The summed E-state index contributed by atoms with van der Waals surface area (Å²) >= 11 is 0. The molecular weight excluding hydrogens is 247 g/mol. The lowest BCUT2D eigenvalue weighted by Gasteiger charge is -2.25. The van der Waals surface area contributed by atoms with Gasteiger partial charge in [0.2, 0.25) is 0 Å².